The lowest BCUT2D eigenvalue weighted by Crippen LogP contribution is -2.56. The molecule has 0 rings (SSSR count). The summed E-state index contributed by atoms with van der Waals surface area (Å²) >= 11 is 0. The molecule has 0 N–H and O–H groups in total. The Labute approximate surface area is 118 Å². The monoisotopic (exact) mass is 346 g/mol. The predicted octanol–water partition coefficient (Wildman–Crippen LogP) is 4.35. The van der Waals surface area contributed by atoms with Crippen molar-refractivity contribution in [2.45, 2.75) is 43.7 Å². The van der Waals surface area contributed by atoms with Gasteiger partial charge in [0.1, 0.15) is 5.57 Å². The molecule has 0 saturated heterocycles. The van der Waals surface area contributed by atoms with Crippen molar-refractivity contribution in [3.8, 4) is 0 Å². The quantitative estimate of drug-likeness (QED) is 0.389. The van der Waals surface area contributed by atoms with Crippen molar-refractivity contribution in [3.63, 3.8) is 0 Å². The number of esters is 1. The van der Waals surface area contributed by atoms with Crippen molar-refractivity contribution in [1.29, 1.82) is 0 Å². The maximum atomic E-state index is 13.4. The van der Waals surface area contributed by atoms with Crippen molar-refractivity contribution < 1.29 is 49.0 Å². The van der Waals surface area contributed by atoms with Gasteiger partial charge >= 0.3 is 29.9 Å². The van der Waals surface area contributed by atoms with Crippen molar-refractivity contribution >= 4 is 5.97 Å². The van der Waals surface area contributed by atoms with E-state index in [0.717, 1.165) is 6.92 Å². The van der Waals surface area contributed by atoms with Crippen LogP contribution in [-0.2, 0) is 9.53 Å². The molecule has 130 valence electrons. The molecule has 0 aromatic carbocycles. The fourth-order valence-electron chi connectivity index (χ4n) is 1.22. The lowest BCUT2D eigenvalue weighted by molar-refractivity contribution is -0.302. The molecule has 0 aliphatic carbocycles. The zero-order valence-corrected chi connectivity index (χ0v) is 11.0. The van der Waals surface area contributed by atoms with Crippen LogP contribution in [0.1, 0.15) is 19.8 Å². The number of hydrogen-bond acceptors (Lipinski definition) is 2. The summed E-state index contributed by atoms with van der Waals surface area (Å²) in [5.74, 6) is -19.8. The van der Waals surface area contributed by atoms with Gasteiger partial charge in [-0.05, 0) is 6.92 Å². The number of carbonyl (C=O) groups excluding carboxylic acids is 1. The van der Waals surface area contributed by atoms with Gasteiger partial charge in [-0.2, -0.15) is 39.5 Å². The van der Waals surface area contributed by atoms with Crippen LogP contribution in [-0.4, -0.2) is 36.5 Å². The first-order valence-electron chi connectivity index (χ1n) is 5.67. The van der Waals surface area contributed by atoms with Crippen LogP contribution in [0, 0.1) is 0 Å². The van der Waals surface area contributed by atoms with Gasteiger partial charge in [-0.15, -0.1) is 0 Å². The standard InChI is InChI=1S/C11H11F9O2/c1-3-22-7(21)6(2)10(17,18)11(19,20)8(12,13)4-5-9(14,15)16/h2-5H2,1H3. The summed E-state index contributed by atoms with van der Waals surface area (Å²) in [4.78, 5) is 10.9. The second kappa shape index (κ2) is 6.37. The molecule has 0 atom stereocenters. The molecule has 0 fully saturated rings. The van der Waals surface area contributed by atoms with E-state index in [2.05, 4.69) is 11.3 Å². The minimum atomic E-state index is -6.25. The maximum Gasteiger partial charge on any atom is 0.389 e. The number of rotatable bonds is 7. The molecule has 0 bridgehead atoms. The lowest BCUT2D eigenvalue weighted by Gasteiger charge is -2.33. The summed E-state index contributed by atoms with van der Waals surface area (Å²) in [5.41, 5.74) is -2.27. The number of halogens is 9. The minimum Gasteiger partial charge on any atom is -0.462 e. The summed E-state index contributed by atoms with van der Waals surface area (Å²) in [6.45, 7) is 2.87. The molecule has 0 radical (unpaired) electrons. The Morgan fingerprint density at radius 2 is 1.41 bits per heavy atom. The highest BCUT2D eigenvalue weighted by atomic mass is 19.4. The third kappa shape index (κ3) is 4.29. The van der Waals surface area contributed by atoms with Crippen LogP contribution in [0.5, 0.6) is 0 Å². The summed E-state index contributed by atoms with van der Waals surface area (Å²) in [5, 5.41) is 0. The van der Waals surface area contributed by atoms with E-state index in [1.54, 1.807) is 0 Å². The first-order valence-corrected chi connectivity index (χ1v) is 5.67. The molecule has 0 saturated carbocycles. The van der Waals surface area contributed by atoms with Crippen LogP contribution in [0.15, 0.2) is 12.2 Å². The van der Waals surface area contributed by atoms with Gasteiger partial charge in [0.05, 0.1) is 6.61 Å². The molecule has 22 heavy (non-hydrogen) atoms. The number of alkyl halides is 9. The molecule has 0 spiro atoms. The third-order valence-corrected chi connectivity index (χ3v) is 2.48. The fraction of sp³-hybridized carbons (Fsp3) is 0.727. The number of ether oxygens (including phenoxy) is 1. The summed E-state index contributed by atoms with van der Waals surface area (Å²) < 4.78 is 119. The number of hydrogen-bond donors (Lipinski definition) is 0. The van der Waals surface area contributed by atoms with Crippen LogP contribution in [0.3, 0.4) is 0 Å². The van der Waals surface area contributed by atoms with Crippen molar-refractivity contribution in [3.05, 3.63) is 12.2 Å². The van der Waals surface area contributed by atoms with E-state index in [-0.39, 0.29) is 0 Å². The Kier molecular flexibility index (Phi) is 5.96. The van der Waals surface area contributed by atoms with Crippen molar-refractivity contribution in [2.24, 2.45) is 0 Å². The van der Waals surface area contributed by atoms with E-state index in [0.29, 0.717) is 0 Å². The predicted molar refractivity (Wildman–Crippen MR) is 55.9 cm³/mol. The molecule has 0 aliphatic heterocycles. The summed E-state index contributed by atoms with van der Waals surface area (Å²) in [6, 6.07) is 0. The number of carbonyl (C=O) groups is 1. The van der Waals surface area contributed by atoms with Gasteiger partial charge in [0.25, 0.3) is 0 Å². The molecule has 0 aromatic rings. The van der Waals surface area contributed by atoms with Crippen LogP contribution < -0.4 is 0 Å². The molecular weight excluding hydrogens is 335 g/mol. The van der Waals surface area contributed by atoms with Gasteiger partial charge in [-0.3, -0.25) is 0 Å². The summed E-state index contributed by atoms with van der Waals surface area (Å²) in [6.07, 6.45) is -10.2. The maximum absolute atomic E-state index is 13.4. The largest absolute Gasteiger partial charge is 0.462 e. The molecule has 0 unspecified atom stereocenters. The fourth-order valence-corrected chi connectivity index (χ4v) is 1.22. The molecule has 0 amide bonds. The van der Waals surface area contributed by atoms with Gasteiger partial charge in [0, 0.05) is 12.8 Å². The van der Waals surface area contributed by atoms with Gasteiger partial charge < -0.3 is 4.74 Å². The normalized spacial score (nSPS) is 13.9. The molecule has 0 aromatic heterocycles. The lowest BCUT2D eigenvalue weighted by atomic mass is 9.95. The highest BCUT2D eigenvalue weighted by molar-refractivity contribution is 5.89. The zero-order valence-electron chi connectivity index (χ0n) is 11.0. The Morgan fingerprint density at radius 1 is 0.955 bits per heavy atom. The minimum absolute atomic E-state index is 0.524. The first kappa shape index (κ1) is 20.6. The molecule has 0 heterocycles. The van der Waals surface area contributed by atoms with Crippen LogP contribution in [0.4, 0.5) is 39.5 Å². The van der Waals surface area contributed by atoms with Gasteiger partial charge in [0.2, 0.25) is 0 Å². The van der Waals surface area contributed by atoms with Crippen molar-refractivity contribution in [1.82, 2.24) is 0 Å². The average Bonchev–Trinajstić information content (AvgIpc) is 2.34. The molecular formula is C11H11F9O2. The van der Waals surface area contributed by atoms with Crippen LogP contribution >= 0.6 is 0 Å². The first-order chi connectivity index (χ1) is 9.60. The average molecular weight is 346 g/mol. The topological polar surface area (TPSA) is 26.3 Å². The smallest absolute Gasteiger partial charge is 0.389 e. The van der Waals surface area contributed by atoms with Gasteiger partial charge in [0.15, 0.2) is 0 Å². The summed E-state index contributed by atoms with van der Waals surface area (Å²) in [7, 11) is 0. The molecule has 0 aliphatic rings. The van der Waals surface area contributed by atoms with E-state index >= 15 is 0 Å². The Balaban J connectivity index is 5.40. The highest BCUT2D eigenvalue weighted by Gasteiger charge is 2.73. The van der Waals surface area contributed by atoms with E-state index in [1.807, 2.05) is 0 Å². The van der Waals surface area contributed by atoms with E-state index in [9.17, 15) is 44.3 Å². The third-order valence-electron chi connectivity index (χ3n) is 2.48. The van der Waals surface area contributed by atoms with Crippen LogP contribution in [0.2, 0.25) is 0 Å². The highest BCUT2D eigenvalue weighted by Crippen LogP contribution is 2.51. The Morgan fingerprint density at radius 3 is 1.77 bits per heavy atom. The molecule has 11 heteroatoms. The SMILES string of the molecule is C=C(C(=O)OCC)C(F)(F)C(F)(F)C(F)(F)CCC(F)(F)F. The van der Waals surface area contributed by atoms with E-state index in [1.165, 1.54) is 0 Å². The zero-order chi connectivity index (χ0) is 18.0. The second-order valence-corrected chi connectivity index (χ2v) is 4.17. The van der Waals surface area contributed by atoms with E-state index < -0.39 is 54.9 Å². The Hall–Kier alpha value is -1.42. The van der Waals surface area contributed by atoms with E-state index in [4.69, 9.17) is 0 Å². The van der Waals surface area contributed by atoms with Crippen LogP contribution in [0.25, 0.3) is 0 Å². The molecule has 2 nitrogen and oxygen atoms in total. The second-order valence-electron chi connectivity index (χ2n) is 4.17. The van der Waals surface area contributed by atoms with Gasteiger partial charge in [-0.1, -0.05) is 6.58 Å². The van der Waals surface area contributed by atoms with Gasteiger partial charge in [-0.25, -0.2) is 4.79 Å². The Bertz CT molecular complexity index is 426. The van der Waals surface area contributed by atoms with Crippen molar-refractivity contribution in [2.75, 3.05) is 6.61 Å².